The highest BCUT2D eigenvalue weighted by Gasteiger charge is 2.34. The van der Waals surface area contributed by atoms with E-state index in [1.807, 2.05) is 0 Å². The van der Waals surface area contributed by atoms with Crippen LogP contribution in [0.25, 0.3) is 0 Å². The van der Waals surface area contributed by atoms with Gasteiger partial charge in [-0.1, -0.05) is 15.9 Å². The molecule has 0 atom stereocenters. The summed E-state index contributed by atoms with van der Waals surface area (Å²) >= 11 is 2.95. The standard InChI is InChI=1S/C10H9BrF3NO4/c1-18-8(17)3-6-9(19-10(12,13)14)5(4-11)2-7(16)15-6/h2H,3-4H2,1H3,(H,15,16). The van der Waals surface area contributed by atoms with E-state index in [9.17, 15) is 22.8 Å². The van der Waals surface area contributed by atoms with Crippen LogP contribution in [-0.2, 0) is 21.3 Å². The molecule has 1 N–H and O–H groups in total. The number of alkyl halides is 4. The summed E-state index contributed by atoms with van der Waals surface area (Å²) in [6.07, 6.45) is -5.46. The first-order valence-corrected chi connectivity index (χ1v) is 6.02. The van der Waals surface area contributed by atoms with Crippen molar-refractivity contribution in [3.8, 4) is 5.75 Å². The first-order valence-electron chi connectivity index (χ1n) is 4.90. The summed E-state index contributed by atoms with van der Waals surface area (Å²) in [5, 5.41) is -0.0312. The Morgan fingerprint density at radius 3 is 2.58 bits per heavy atom. The minimum absolute atomic E-state index is 0.0139. The number of aromatic nitrogens is 1. The van der Waals surface area contributed by atoms with Gasteiger partial charge in [-0.05, 0) is 0 Å². The molecule has 0 amide bonds. The molecule has 19 heavy (non-hydrogen) atoms. The summed E-state index contributed by atoms with van der Waals surface area (Å²) < 4.78 is 45.1. The van der Waals surface area contributed by atoms with Crippen LogP contribution in [-0.4, -0.2) is 24.4 Å². The van der Waals surface area contributed by atoms with E-state index in [2.05, 4.69) is 30.4 Å². The van der Waals surface area contributed by atoms with Crippen LogP contribution in [0.3, 0.4) is 0 Å². The second-order valence-electron chi connectivity index (χ2n) is 3.40. The number of carbonyl (C=O) groups excluding carboxylic acids is 1. The third kappa shape index (κ3) is 4.58. The largest absolute Gasteiger partial charge is 0.573 e. The van der Waals surface area contributed by atoms with Crippen LogP contribution in [0, 0.1) is 0 Å². The van der Waals surface area contributed by atoms with Gasteiger partial charge in [-0.2, -0.15) is 0 Å². The van der Waals surface area contributed by atoms with Gasteiger partial charge in [0, 0.05) is 17.0 Å². The molecule has 0 aromatic carbocycles. The van der Waals surface area contributed by atoms with Gasteiger partial charge >= 0.3 is 12.3 Å². The van der Waals surface area contributed by atoms with Crippen molar-refractivity contribution >= 4 is 21.9 Å². The van der Waals surface area contributed by atoms with Crippen LogP contribution in [0.15, 0.2) is 10.9 Å². The second kappa shape index (κ2) is 6.09. The molecule has 9 heteroatoms. The average Bonchev–Trinajstić information content (AvgIpc) is 2.30. The number of hydrogen-bond donors (Lipinski definition) is 1. The van der Waals surface area contributed by atoms with E-state index in [4.69, 9.17) is 0 Å². The van der Waals surface area contributed by atoms with Crippen molar-refractivity contribution in [2.24, 2.45) is 0 Å². The predicted molar refractivity (Wildman–Crippen MR) is 62.1 cm³/mol. The maximum Gasteiger partial charge on any atom is 0.573 e. The summed E-state index contributed by atoms with van der Waals surface area (Å²) in [5.41, 5.74) is -0.936. The molecular formula is C10H9BrF3NO4. The number of nitrogens with one attached hydrogen (secondary N) is 1. The Morgan fingerprint density at radius 2 is 2.11 bits per heavy atom. The van der Waals surface area contributed by atoms with E-state index < -0.39 is 30.1 Å². The smallest absolute Gasteiger partial charge is 0.469 e. The van der Waals surface area contributed by atoms with Gasteiger partial charge in [-0.3, -0.25) is 9.59 Å². The molecule has 5 nitrogen and oxygen atoms in total. The molecule has 0 unspecified atom stereocenters. The van der Waals surface area contributed by atoms with Crippen molar-refractivity contribution < 1.29 is 27.4 Å². The van der Waals surface area contributed by atoms with Crippen molar-refractivity contribution in [2.75, 3.05) is 7.11 Å². The summed E-state index contributed by atoms with van der Waals surface area (Å²) in [7, 11) is 1.08. The zero-order valence-corrected chi connectivity index (χ0v) is 11.2. The van der Waals surface area contributed by atoms with Crippen LogP contribution in [0.1, 0.15) is 11.3 Å². The normalized spacial score (nSPS) is 11.2. The molecule has 0 aliphatic heterocycles. The van der Waals surface area contributed by atoms with E-state index >= 15 is 0 Å². The average molecular weight is 344 g/mol. The van der Waals surface area contributed by atoms with Crippen LogP contribution in [0.2, 0.25) is 0 Å². The summed E-state index contributed by atoms with van der Waals surface area (Å²) in [5.74, 6) is -1.40. The Kier molecular flexibility index (Phi) is 4.98. The predicted octanol–water partition coefficient (Wildman–Crippen LogP) is 1.88. The fourth-order valence-corrected chi connectivity index (χ4v) is 1.76. The molecule has 0 radical (unpaired) electrons. The molecular weight excluding hydrogens is 335 g/mol. The van der Waals surface area contributed by atoms with E-state index in [1.165, 1.54) is 0 Å². The van der Waals surface area contributed by atoms with Crippen molar-refractivity contribution in [3.63, 3.8) is 0 Å². The van der Waals surface area contributed by atoms with Crippen molar-refractivity contribution in [2.45, 2.75) is 18.1 Å². The highest BCUT2D eigenvalue weighted by Crippen LogP contribution is 2.29. The van der Waals surface area contributed by atoms with Gasteiger partial charge in [0.1, 0.15) is 0 Å². The quantitative estimate of drug-likeness (QED) is 0.669. The first kappa shape index (κ1) is 15.5. The van der Waals surface area contributed by atoms with E-state index in [1.54, 1.807) is 0 Å². The number of pyridine rings is 1. The molecule has 1 rings (SSSR count). The number of rotatable bonds is 4. The number of ether oxygens (including phenoxy) is 2. The molecule has 1 aromatic rings. The lowest BCUT2D eigenvalue weighted by atomic mass is 10.2. The highest BCUT2D eigenvalue weighted by atomic mass is 79.9. The maximum absolute atomic E-state index is 12.3. The Labute approximate surface area is 113 Å². The molecule has 0 saturated heterocycles. The summed E-state index contributed by atoms with van der Waals surface area (Å²) in [6, 6.07) is 0.955. The lowest BCUT2D eigenvalue weighted by molar-refractivity contribution is -0.275. The van der Waals surface area contributed by atoms with Gasteiger partial charge in [-0.15, -0.1) is 13.2 Å². The van der Waals surface area contributed by atoms with Crippen LogP contribution >= 0.6 is 15.9 Å². The molecule has 1 heterocycles. The van der Waals surface area contributed by atoms with Gasteiger partial charge in [-0.25, -0.2) is 0 Å². The molecule has 0 aliphatic rings. The number of hydrogen-bond acceptors (Lipinski definition) is 4. The molecule has 0 aliphatic carbocycles. The zero-order valence-electron chi connectivity index (χ0n) is 9.64. The van der Waals surface area contributed by atoms with Gasteiger partial charge in [0.25, 0.3) is 0 Å². The van der Waals surface area contributed by atoms with Crippen LogP contribution in [0.5, 0.6) is 5.75 Å². The Balaban J connectivity index is 3.29. The van der Waals surface area contributed by atoms with E-state index in [0.717, 1.165) is 13.2 Å². The maximum atomic E-state index is 12.3. The third-order valence-electron chi connectivity index (χ3n) is 2.06. The van der Waals surface area contributed by atoms with Gasteiger partial charge in [0.15, 0.2) is 5.75 Å². The number of esters is 1. The Bertz CT molecular complexity index is 526. The van der Waals surface area contributed by atoms with E-state index in [-0.39, 0.29) is 16.6 Å². The molecule has 0 bridgehead atoms. The fraction of sp³-hybridized carbons (Fsp3) is 0.400. The minimum atomic E-state index is -4.93. The van der Waals surface area contributed by atoms with Gasteiger partial charge < -0.3 is 14.5 Å². The zero-order chi connectivity index (χ0) is 14.6. The Hall–Kier alpha value is -1.51. The SMILES string of the molecule is COC(=O)Cc1[nH]c(=O)cc(CBr)c1OC(F)(F)F. The first-order chi connectivity index (χ1) is 8.76. The number of aromatic amines is 1. The molecule has 0 fully saturated rings. The summed E-state index contributed by atoms with van der Waals surface area (Å²) in [4.78, 5) is 24.5. The fourth-order valence-electron chi connectivity index (χ4n) is 1.34. The highest BCUT2D eigenvalue weighted by molar-refractivity contribution is 9.08. The second-order valence-corrected chi connectivity index (χ2v) is 3.96. The van der Waals surface area contributed by atoms with Crippen molar-refractivity contribution in [1.29, 1.82) is 0 Å². The lowest BCUT2D eigenvalue weighted by Gasteiger charge is -2.15. The van der Waals surface area contributed by atoms with Crippen LogP contribution in [0.4, 0.5) is 13.2 Å². The third-order valence-corrected chi connectivity index (χ3v) is 2.66. The lowest BCUT2D eigenvalue weighted by Crippen LogP contribution is -2.23. The monoisotopic (exact) mass is 343 g/mol. The molecule has 0 spiro atoms. The summed E-state index contributed by atoms with van der Waals surface area (Å²) in [6.45, 7) is 0. The molecule has 1 aromatic heterocycles. The van der Waals surface area contributed by atoms with Gasteiger partial charge in [0.05, 0.1) is 19.2 Å². The number of carbonyl (C=O) groups is 1. The van der Waals surface area contributed by atoms with Crippen molar-refractivity contribution in [1.82, 2.24) is 4.98 Å². The van der Waals surface area contributed by atoms with Gasteiger partial charge in [0.2, 0.25) is 5.56 Å². The number of methoxy groups -OCH3 is 1. The number of H-pyrrole nitrogens is 1. The minimum Gasteiger partial charge on any atom is -0.469 e. The topological polar surface area (TPSA) is 68.4 Å². The molecule has 106 valence electrons. The van der Waals surface area contributed by atoms with Crippen LogP contribution < -0.4 is 10.3 Å². The molecule has 0 saturated carbocycles. The Morgan fingerprint density at radius 1 is 1.47 bits per heavy atom. The number of halogens is 4. The van der Waals surface area contributed by atoms with E-state index in [0.29, 0.717) is 0 Å². The van der Waals surface area contributed by atoms with Crippen molar-refractivity contribution in [3.05, 3.63) is 27.7 Å².